The average molecular weight is 289 g/mol. The first-order valence-corrected chi connectivity index (χ1v) is 6.39. The van der Waals surface area contributed by atoms with Crippen LogP contribution >= 0.6 is 0 Å². The monoisotopic (exact) mass is 289 g/mol. The summed E-state index contributed by atoms with van der Waals surface area (Å²) in [6, 6.07) is -0.646. The minimum Gasteiger partial charge on any atom is -0.448 e. The van der Waals surface area contributed by atoms with Crippen molar-refractivity contribution in [1.29, 1.82) is 0 Å². The summed E-state index contributed by atoms with van der Waals surface area (Å²) in [4.78, 5) is 33.1. The summed E-state index contributed by atoms with van der Waals surface area (Å²) < 4.78 is 4.42. The van der Waals surface area contributed by atoms with E-state index in [0.29, 0.717) is 13.0 Å². The fourth-order valence-electron chi connectivity index (χ4n) is 1.34. The van der Waals surface area contributed by atoms with Crippen LogP contribution in [0.4, 0.5) is 4.79 Å². The molecule has 0 spiro atoms. The van der Waals surface area contributed by atoms with Crippen LogP contribution in [-0.4, -0.2) is 50.2 Å². The number of hydrogen-bond donors (Lipinski definition) is 5. The van der Waals surface area contributed by atoms with Crippen molar-refractivity contribution in [2.24, 2.45) is 17.2 Å². The quantitative estimate of drug-likeness (QED) is 0.286. The summed E-state index contributed by atoms with van der Waals surface area (Å²) in [6.07, 6.45) is 1.19. The van der Waals surface area contributed by atoms with Gasteiger partial charge >= 0.3 is 6.09 Å². The highest BCUT2D eigenvalue weighted by molar-refractivity contribution is 5.87. The summed E-state index contributed by atoms with van der Waals surface area (Å²) in [5.74, 6) is -0.786. The van der Waals surface area contributed by atoms with Gasteiger partial charge in [-0.3, -0.25) is 9.59 Å². The summed E-state index contributed by atoms with van der Waals surface area (Å²) in [7, 11) is 0. The van der Waals surface area contributed by atoms with Crippen LogP contribution in [-0.2, 0) is 14.3 Å². The number of rotatable bonds is 10. The molecule has 0 aromatic carbocycles. The Balaban J connectivity index is 3.66. The molecule has 0 aliphatic rings. The molecule has 9 heteroatoms. The molecule has 0 fully saturated rings. The van der Waals surface area contributed by atoms with Gasteiger partial charge in [0, 0.05) is 0 Å². The molecule has 0 aliphatic carbocycles. The third kappa shape index (κ3) is 10.1. The molecule has 0 aliphatic heterocycles. The van der Waals surface area contributed by atoms with Crippen molar-refractivity contribution in [1.82, 2.24) is 10.6 Å². The molecule has 9 nitrogen and oxygen atoms in total. The van der Waals surface area contributed by atoms with Crippen molar-refractivity contribution < 1.29 is 19.1 Å². The van der Waals surface area contributed by atoms with Gasteiger partial charge in [0.05, 0.1) is 19.1 Å². The van der Waals surface area contributed by atoms with Crippen molar-refractivity contribution in [3.05, 3.63) is 0 Å². The van der Waals surface area contributed by atoms with Crippen LogP contribution in [0.5, 0.6) is 0 Å². The van der Waals surface area contributed by atoms with Gasteiger partial charge in [0.15, 0.2) is 0 Å². The van der Waals surface area contributed by atoms with Crippen molar-refractivity contribution in [3.63, 3.8) is 0 Å². The van der Waals surface area contributed by atoms with E-state index in [2.05, 4.69) is 15.4 Å². The molecular weight excluding hydrogens is 266 g/mol. The van der Waals surface area contributed by atoms with Crippen molar-refractivity contribution >= 4 is 17.9 Å². The average Bonchev–Trinajstić information content (AvgIpc) is 2.40. The predicted octanol–water partition coefficient (Wildman–Crippen LogP) is -2.23. The van der Waals surface area contributed by atoms with E-state index in [4.69, 9.17) is 17.2 Å². The van der Waals surface area contributed by atoms with E-state index in [9.17, 15) is 14.4 Å². The smallest absolute Gasteiger partial charge is 0.404 e. The van der Waals surface area contributed by atoms with Crippen molar-refractivity contribution in [2.45, 2.75) is 25.3 Å². The highest BCUT2D eigenvalue weighted by atomic mass is 16.5. The maximum atomic E-state index is 11.5. The fraction of sp³-hybridized carbons (Fsp3) is 0.727. The Kier molecular flexibility index (Phi) is 9.97. The Labute approximate surface area is 117 Å². The number of ether oxygens (including phenoxy) is 1. The largest absolute Gasteiger partial charge is 0.448 e. The van der Waals surface area contributed by atoms with Gasteiger partial charge in [0.1, 0.15) is 6.61 Å². The molecule has 0 saturated heterocycles. The molecule has 0 radical (unpaired) electrons. The van der Waals surface area contributed by atoms with E-state index in [-0.39, 0.29) is 25.6 Å². The number of amides is 3. The van der Waals surface area contributed by atoms with Gasteiger partial charge in [-0.2, -0.15) is 0 Å². The molecule has 1 atom stereocenters. The first-order valence-electron chi connectivity index (χ1n) is 6.39. The standard InChI is InChI=1S/C11H23N5O4/c12-4-2-1-3-8(13)10(18)16-7-9(17)15-5-6-20-11(14)19/h8H,1-7,12-13H2,(H2,14,19)(H,15,17)(H,16,18). The Bertz CT molecular complexity index is 324. The Hall–Kier alpha value is -1.87. The van der Waals surface area contributed by atoms with Crippen LogP contribution in [0.2, 0.25) is 0 Å². The number of primary amides is 1. The first-order chi connectivity index (χ1) is 9.47. The number of carbonyl (C=O) groups excluding carboxylic acids is 3. The highest BCUT2D eigenvalue weighted by Gasteiger charge is 2.13. The van der Waals surface area contributed by atoms with Crippen LogP contribution in [0.15, 0.2) is 0 Å². The zero-order valence-corrected chi connectivity index (χ0v) is 11.4. The van der Waals surface area contributed by atoms with Gasteiger partial charge in [-0.15, -0.1) is 0 Å². The minimum absolute atomic E-state index is 0.0202. The molecule has 0 aromatic rings. The van der Waals surface area contributed by atoms with E-state index in [0.717, 1.165) is 12.8 Å². The number of nitrogens with one attached hydrogen (secondary N) is 2. The Morgan fingerprint density at radius 3 is 2.45 bits per heavy atom. The Morgan fingerprint density at radius 2 is 1.85 bits per heavy atom. The fourth-order valence-corrected chi connectivity index (χ4v) is 1.34. The number of carbonyl (C=O) groups is 3. The molecule has 8 N–H and O–H groups in total. The summed E-state index contributed by atoms with van der Waals surface area (Å²) in [6.45, 7) is 0.484. The number of hydrogen-bond acceptors (Lipinski definition) is 6. The van der Waals surface area contributed by atoms with Gasteiger partial charge < -0.3 is 32.6 Å². The third-order valence-electron chi connectivity index (χ3n) is 2.40. The maximum absolute atomic E-state index is 11.5. The molecule has 0 rings (SSSR count). The van der Waals surface area contributed by atoms with E-state index in [1.165, 1.54) is 0 Å². The summed E-state index contributed by atoms with van der Waals surface area (Å²) in [5, 5.41) is 4.86. The highest BCUT2D eigenvalue weighted by Crippen LogP contribution is 1.97. The normalized spacial score (nSPS) is 11.5. The molecule has 0 bridgehead atoms. The van der Waals surface area contributed by atoms with Crippen LogP contribution in [0.25, 0.3) is 0 Å². The van der Waals surface area contributed by atoms with Gasteiger partial charge in [-0.25, -0.2) is 4.79 Å². The van der Waals surface area contributed by atoms with Crippen LogP contribution in [0.3, 0.4) is 0 Å². The van der Waals surface area contributed by atoms with Gasteiger partial charge in [-0.05, 0) is 19.4 Å². The second-order valence-electron chi connectivity index (χ2n) is 4.13. The zero-order valence-electron chi connectivity index (χ0n) is 11.4. The molecule has 1 unspecified atom stereocenters. The summed E-state index contributed by atoms with van der Waals surface area (Å²) >= 11 is 0. The third-order valence-corrected chi connectivity index (χ3v) is 2.40. The van der Waals surface area contributed by atoms with E-state index in [1.54, 1.807) is 0 Å². The van der Waals surface area contributed by atoms with Crippen molar-refractivity contribution in [2.75, 3.05) is 26.2 Å². The number of unbranched alkanes of at least 4 members (excludes halogenated alkanes) is 1. The SMILES string of the molecule is NCCCCC(N)C(=O)NCC(=O)NCCOC(N)=O. The van der Waals surface area contributed by atoms with E-state index in [1.807, 2.05) is 0 Å². The van der Waals surface area contributed by atoms with Crippen LogP contribution < -0.4 is 27.8 Å². The number of nitrogens with two attached hydrogens (primary N) is 3. The lowest BCUT2D eigenvalue weighted by molar-refractivity contribution is -0.126. The van der Waals surface area contributed by atoms with Gasteiger partial charge in [-0.1, -0.05) is 6.42 Å². The molecule has 0 saturated carbocycles. The van der Waals surface area contributed by atoms with Gasteiger partial charge in [0.25, 0.3) is 0 Å². The Morgan fingerprint density at radius 1 is 1.15 bits per heavy atom. The lowest BCUT2D eigenvalue weighted by Gasteiger charge is -2.12. The topological polar surface area (TPSA) is 163 Å². The van der Waals surface area contributed by atoms with Crippen LogP contribution in [0.1, 0.15) is 19.3 Å². The molecular formula is C11H23N5O4. The van der Waals surface area contributed by atoms with Crippen LogP contribution in [0, 0.1) is 0 Å². The molecule has 20 heavy (non-hydrogen) atoms. The lowest BCUT2D eigenvalue weighted by atomic mass is 10.1. The molecule has 116 valence electrons. The van der Waals surface area contributed by atoms with E-state index < -0.39 is 18.0 Å². The summed E-state index contributed by atoms with van der Waals surface area (Å²) in [5.41, 5.74) is 15.7. The first kappa shape index (κ1) is 18.1. The van der Waals surface area contributed by atoms with Gasteiger partial charge in [0.2, 0.25) is 11.8 Å². The molecule has 0 aromatic heterocycles. The zero-order chi connectivity index (χ0) is 15.4. The minimum atomic E-state index is -0.906. The second-order valence-corrected chi connectivity index (χ2v) is 4.13. The molecule has 0 heterocycles. The maximum Gasteiger partial charge on any atom is 0.404 e. The lowest BCUT2D eigenvalue weighted by Crippen LogP contribution is -2.45. The second kappa shape index (κ2) is 11.0. The predicted molar refractivity (Wildman–Crippen MR) is 72.4 cm³/mol. The molecule has 3 amide bonds. The van der Waals surface area contributed by atoms with E-state index >= 15 is 0 Å². The van der Waals surface area contributed by atoms with Crippen molar-refractivity contribution in [3.8, 4) is 0 Å².